The second-order valence-electron chi connectivity index (χ2n) is 11.7. The van der Waals surface area contributed by atoms with Gasteiger partial charge in [-0.1, -0.05) is 104 Å². The lowest BCUT2D eigenvalue weighted by molar-refractivity contribution is -0.120. The SMILES string of the molecule is C=C1OCN(C(=O)OCc2ccccc2)[C@@H]1C(=O)Nc1ccc(/C=C/c2ccc(NC(=O)[C@@H]3COCN3C(=O)OCc3ccccc3)cc2)cc1. The highest BCUT2D eigenvalue weighted by atomic mass is 16.6. The van der Waals surface area contributed by atoms with Crippen LogP contribution < -0.4 is 10.6 Å². The molecule has 2 fully saturated rings. The van der Waals surface area contributed by atoms with Crippen LogP contribution in [0.4, 0.5) is 21.0 Å². The molecular weight excluding hydrogens is 652 g/mol. The lowest BCUT2D eigenvalue weighted by atomic mass is 10.1. The van der Waals surface area contributed by atoms with Crippen LogP contribution in [-0.2, 0) is 41.8 Å². The molecule has 0 unspecified atom stereocenters. The zero-order chi connectivity index (χ0) is 35.6. The number of hydrogen-bond donors (Lipinski definition) is 2. The first-order valence-electron chi connectivity index (χ1n) is 16.2. The molecule has 0 saturated carbocycles. The van der Waals surface area contributed by atoms with Gasteiger partial charge in [0.25, 0.3) is 5.91 Å². The van der Waals surface area contributed by atoms with Gasteiger partial charge in [0.2, 0.25) is 5.91 Å². The average molecular weight is 689 g/mol. The number of amides is 4. The van der Waals surface area contributed by atoms with E-state index < -0.39 is 30.2 Å². The number of rotatable bonds is 10. The molecule has 2 N–H and O–H groups in total. The van der Waals surface area contributed by atoms with Gasteiger partial charge >= 0.3 is 12.2 Å². The number of ether oxygens (including phenoxy) is 4. The minimum absolute atomic E-state index is 0.0291. The normalized spacial score (nSPS) is 16.8. The predicted octanol–water partition coefficient (Wildman–Crippen LogP) is 6.24. The van der Waals surface area contributed by atoms with Crippen molar-refractivity contribution < 1.29 is 38.1 Å². The average Bonchev–Trinajstić information content (AvgIpc) is 3.82. The lowest BCUT2D eigenvalue weighted by Crippen LogP contribution is -2.44. The first kappa shape index (κ1) is 34.5. The number of carbonyl (C=O) groups is 4. The van der Waals surface area contributed by atoms with Crippen LogP contribution in [0.25, 0.3) is 12.2 Å². The van der Waals surface area contributed by atoms with Crippen molar-refractivity contribution in [3.63, 3.8) is 0 Å². The number of nitrogens with zero attached hydrogens (tertiary/aromatic N) is 2. The van der Waals surface area contributed by atoms with Crippen LogP contribution in [0.5, 0.6) is 0 Å². The molecular formula is C39H36N4O8. The summed E-state index contributed by atoms with van der Waals surface area (Å²) in [5.74, 6) is -0.691. The molecule has 2 saturated heterocycles. The third-order valence-electron chi connectivity index (χ3n) is 8.14. The van der Waals surface area contributed by atoms with E-state index in [4.69, 9.17) is 18.9 Å². The minimum Gasteiger partial charge on any atom is -0.475 e. The van der Waals surface area contributed by atoms with E-state index >= 15 is 0 Å². The highest BCUT2D eigenvalue weighted by molar-refractivity contribution is 5.99. The van der Waals surface area contributed by atoms with Gasteiger partial charge in [0.15, 0.2) is 12.8 Å². The maximum absolute atomic E-state index is 13.1. The van der Waals surface area contributed by atoms with Gasteiger partial charge in [0.1, 0.15) is 31.7 Å². The summed E-state index contributed by atoms with van der Waals surface area (Å²) < 4.78 is 21.6. The minimum atomic E-state index is -1.03. The maximum Gasteiger partial charge on any atom is 0.413 e. The standard InChI is InChI=1S/C39H36N4O8/c1-27-35(43(26-51-27)39(47)50-23-31-10-6-3-7-11-31)37(45)41-33-20-16-29(17-21-33)13-12-28-14-18-32(19-15-28)40-36(44)34-24-48-25-42(34)38(46)49-22-30-8-4-2-5-9-30/h2-21,34-35H,1,22-26H2,(H,40,44)(H,41,45)/b13-12+/t34-,35-/m0/s1. The number of anilines is 2. The number of hydrogen-bond acceptors (Lipinski definition) is 8. The highest BCUT2D eigenvalue weighted by Crippen LogP contribution is 2.23. The predicted molar refractivity (Wildman–Crippen MR) is 189 cm³/mol. The molecule has 0 radical (unpaired) electrons. The van der Waals surface area contributed by atoms with Gasteiger partial charge in [0.05, 0.1) is 6.61 Å². The summed E-state index contributed by atoms with van der Waals surface area (Å²) in [6.45, 7) is 3.86. The monoisotopic (exact) mass is 688 g/mol. The van der Waals surface area contributed by atoms with Gasteiger partial charge in [-0.3, -0.25) is 19.4 Å². The maximum atomic E-state index is 13.1. The zero-order valence-corrected chi connectivity index (χ0v) is 27.6. The van der Waals surface area contributed by atoms with Gasteiger partial charge in [0, 0.05) is 11.4 Å². The Bertz CT molecular complexity index is 1880. The van der Waals surface area contributed by atoms with E-state index in [0.717, 1.165) is 22.3 Å². The van der Waals surface area contributed by atoms with Crippen LogP contribution in [0, 0.1) is 0 Å². The lowest BCUT2D eigenvalue weighted by Gasteiger charge is -2.21. The molecule has 2 atom stereocenters. The van der Waals surface area contributed by atoms with Gasteiger partial charge in [-0.2, -0.15) is 0 Å². The fourth-order valence-corrected chi connectivity index (χ4v) is 5.35. The molecule has 0 bridgehead atoms. The van der Waals surface area contributed by atoms with E-state index in [-0.39, 0.29) is 44.9 Å². The topological polar surface area (TPSA) is 136 Å². The molecule has 0 spiro atoms. The van der Waals surface area contributed by atoms with E-state index in [0.29, 0.717) is 11.4 Å². The molecule has 12 heteroatoms. The van der Waals surface area contributed by atoms with Crippen LogP contribution in [-0.4, -0.2) is 66.0 Å². The number of benzene rings is 4. The third kappa shape index (κ3) is 8.99. The summed E-state index contributed by atoms with van der Waals surface area (Å²) in [4.78, 5) is 53.9. The van der Waals surface area contributed by atoms with E-state index in [2.05, 4.69) is 17.2 Å². The summed E-state index contributed by atoms with van der Waals surface area (Å²) in [5, 5.41) is 5.65. The van der Waals surface area contributed by atoms with Crippen molar-refractivity contribution in [1.29, 1.82) is 0 Å². The second-order valence-corrected chi connectivity index (χ2v) is 11.7. The Morgan fingerprint density at radius 2 is 1.16 bits per heavy atom. The molecule has 2 aliphatic rings. The Kier molecular flexibility index (Phi) is 11.0. The van der Waals surface area contributed by atoms with Gasteiger partial charge in [-0.25, -0.2) is 9.59 Å². The molecule has 12 nitrogen and oxygen atoms in total. The summed E-state index contributed by atoms with van der Waals surface area (Å²) >= 11 is 0. The van der Waals surface area contributed by atoms with E-state index in [1.165, 1.54) is 9.80 Å². The molecule has 6 rings (SSSR count). The quantitative estimate of drug-likeness (QED) is 0.187. The Balaban J connectivity index is 0.976. The Hall–Kier alpha value is -6.40. The molecule has 0 aromatic heterocycles. The number of nitrogens with one attached hydrogen (secondary N) is 2. The zero-order valence-electron chi connectivity index (χ0n) is 27.6. The molecule has 2 heterocycles. The molecule has 4 aromatic rings. The Labute approximate surface area is 294 Å². The van der Waals surface area contributed by atoms with Crippen LogP contribution in [0.2, 0.25) is 0 Å². The summed E-state index contributed by atoms with van der Waals surface area (Å²) in [6.07, 6.45) is 2.52. The Morgan fingerprint density at radius 3 is 1.69 bits per heavy atom. The first-order chi connectivity index (χ1) is 24.8. The molecule has 51 heavy (non-hydrogen) atoms. The number of carbonyl (C=O) groups excluding carboxylic acids is 4. The van der Waals surface area contributed by atoms with E-state index in [9.17, 15) is 19.2 Å². The van der Waals surface area contributed by atoms with Crippen LogP contribution in [0.15, 0.2) is 122 Å². The van der Waals surface area contributed by atoms with Gasteiger partial charge < -0.3 is 29.6 Å². The smallest absolute Gasteiger partial charge is 0.413 e. The van der Waals surface area contributed by atoms with Crippen molar-refractivity contribution >= 4 is 47.5 Å². The molecule has 260 valence electrons. The fourth-order valence-electron chi connectivity index (χ4n) is 5.35. The summed E-state index contributed by atoms with van der Waals surface area (Å²) in [6, 6.07) is 31.1. The van der Waals surface area contributed by atoms with Crippen LogP contribution in [0.1, 0.15) is 22.3 Å². The van der Waals surface area contributed by atoms with Crippen LogP contribution in [0.3, 0.4) is 0 Å². The van der Waals surface area contributed by atoms with Crippen molar-refractivity contribution in [2.75, 3.05) is 30.7 Å². The van der Waals surface area contributed by atoms with E-state index in [1.54, 1.807) is 24.3 Å². The Morgan fingerprint density at radius 1 is 0.667 bits per heavy atom. The van der Waals surface area contributed by atoms with Gasteiger partial charge in [-0.05, 0) is 46.5 Å². The molecule has 4 amide bonds. The van der Waals surface area contributed by atoms with E-state index in [1.807, 2.05) is 97.1 Å². The molecule has 2 aliphatic heterocycles. The highest BCUT2D eigenvalue weighted by Gasteiger charge is 2.40. The van der Waals surface area contributed by atoms with Crippen LogP contribution >= 0.6 is 0 Å². The summed E-state index contributed by atoms with van der Waals surface area (Å²) in [7, 11) is 0. The summed E-state index contributed by atoms with van der Waals surface area (Å²) in [5.41, 5.74) is 4.54. The fraction of sp³-hybridized carbons (Fsp3) is 0.179. The largest absolute Gasteiger partial charge is 0.475 e. The van der Waals surface area contributed by atoms with Crippen molar-refractivity contribution in [1.82, 2.24) is 9.80 Å². The van der Waals surface area contributed by atoms with Crippen molar-refractivity contribution in [2.45, 2.75) is 25.3 Å². The first-order valence-corrected chi connectivity index (χ1v) is 16.2. The third-order valence-corrected chi connectivity index (χ3v) is 8.14. The van der Waals surface area contributed by atoms with Crippen molar-refractivity contribution in [3.8, 4) is 0 Å². The van der Waals surface area contributed by atoms with Crippen molar-refractivity contribution in [3.05, 3.63) is 144 Å². The van der Waals surface area contributed by atoms with Crippen molar-refractivity contribution in [2.24, 2.45) is 0 Å². The molecule has 0 aliphatic carbocycles. The van der Waals surface area contributed by atoms with Gasteiger partial charge in [-0.15, -0.1) is 0 Å². The second kappa shape index (κ2) is 16.3. The molecule has 4 aromatic carbocycles.